The van der Waals surface area contributed by atoms with Crippen LogP contribution in [0.3, 0.4) is 0 Å². The lowest BCUT2D eigenvalue weighted by Gasteiger charge is -2.49. The molecule has 0 aliphatic heterocycles. The van der Waals surface area contributed by atoms with Crippen LogP contribution in [0, 0.1) is 28.6 Å². The third-order valence-electron chi connectivity index (χ3n) is 7.99. The highest BCUT2D eigenvalue weighted by atomic mass is 16.3. The molecule has 0 aromatic carbocycles. The topological polar surface area (TPSA) is 20.2 Å². The predicted molar refractivity (Wildman–Crippen MR) is 79.9 cm³/mol. The highest BCUT2D eigenvalue weighted by Gasteiger charge is 2.65. The van der Waals surface area contributed by atoms with Gasteiger partial charge in [0, 0.05) is 0 Å². The molecule has 0 saturated heterocycles. The maximum atomic E-state index is 11.3. The van der Waals surface area contributed by atoms with Crippen LogP contribution in [0.2, 0.25) is 0 Å². The molecule has 110 valence electrons. The van der Waals surface area contributed by atoms with Crippen molar-refractivity contribution in [3.8, 4) is 0 Å². The zero-order valence-corrected chi connectivity index (χ0v) is 13.3. The Bertz CT molecular complexity index is 351. The van der Waals surface area contributed by atoms with Crippen molar-refractivity contribution in [1.29, 1.82) is 0 Å². The molecule has 0 radical (unpaired) electrons. The summed E-state index contributed by atoms with van der Waals surface area (Å²) < 4.78 is 0. The molecule has 3 atom stereocenters. The monoisotopic (exact) mass is 264 g/mol. The molecule has 1 heteroatoms. The van der Waals surface area contributed by atoms with Gasteiger partial charge in [-0.1, -0.05) is 34.1 Å². The van der Waals surface area contributed by atoms with Crippen LogP contribution in [0.4, 0.5) is 0 Å². The van der Waals surface area contributed by atoms with Gasteiger partial charge in [-0.25, -0.2) is 0 Å². The van der Waals surface area contributed by atoms with E-state index < -0.39 is 0 Å². The fraction of sp³-hybridized carbons (Fsp3) is 1.00. The standard InChI is InChI=1S/C18H32O/c1-5-13-6-10-18(19,11-7-13)15-12-14-8-9-17(15,4)16(14,2)3/h13-15,19H,5-12H2,1-4H3/t13?,14-,15-,17+,18?/m1/s1. The number of hydrogen-bond acceptors (Lipinski definition) is 1. The Balaban J connectivity index is 1.81. The third kappa shape index (κ3) is 1.76. The quantitative estimate of drug-likeness (QED) is 0.761. The van der Waals surface area contributed by atoms with Crippen LogP contribution in [-0.2, 0) is 0 Å². The van der Waals surface area contributed by atoms with Crippen LogP contribution in [-0.4, -0.2) is 10.7 Å². The molecule has 3 saturated carbocycles. The average Bonchev–Trinajstić information content (AvgIpc) is 2.72. The van der Waals surface area contributed by atoms with Gasteiger partial charge < -0.3 is 5.11 Å². The maximum Gasteiger partial charge on any atom is 0.0681 e. The SMILES string of the molecule is CCC1CCC(O)([C@@H]2C[C@H]3CC[C@]2(C)C3(C)C)CC1. The van der Waals surface area contributed by atoms with E-state index in [-0.39, 0.29) is 5.60 Å². The van der Waals surface area contributed by atoms with E-state index in [2.05, 4.69) is 27.7 Å². The molecule has 3 aliphatic carbocycles. The summed E-state index contributed by atoms with van der Waals surface area (Å²) in [7, 11) is 0. The van der Waals surface area contributed by atoms with Crippen molar-refractivity contribution >= 4 is 0 Å². The molecular weight excluding hydrogens is 232 g/mol. The zero-order chi connectivity index (χ0) is 13.9. The molecule has 0 aromatic rings. The molecule has 0 aromatic heterocycles. The van der Waals surface area contributed by atoms with E-state index in [4.69, 9.17) is 0 Å². The smallest absolute Gasteiger partial charge is 0.0681 e. The highest BCUT2D eigenvalue weighted by Crippen LogP contribution is 2.71. The first-order valence-corrected chi connectivity index (χ1v) is 8.56. The van der Waals surface area contributed by atoms with Crippen LogP contribution in [0.15, 0.2) is 0 Å². The van der Waals surface area contributed by atoms with Crippen molar-refractivity contribution < 1.29 is 5.11 Å². The van der Waals surface area contributed by atoms with Crippen molar-refractivity contribution in [2.24, 2.45) is 28.6 Å². The summed E-state index contributed by atoms with van der Waals surface area (Å²) in [6.45, 7) is 9.71. The lowest BCUT2D eigenvalue weighted by Crippen LogP contribution is -2.49. The van der Waals surface area contributed by atoms with Crippen molar-refractivity contribution in [2.75, 3.05) is 0 Å². The second kappa shape index (κ2) is 4.23. The van der Waals surface area contributed by atoms with E-state index in [1.54, 1.807) is 0 Å². The Morgan fingerprint density at radius 3 is 2.05 bits per heavy atom. The van der Waals surface area contributed by atoms with E-state index in [9.17, 15) is 5.11 Å². The second-order valence-electron chi connectivity index (χ2n) is 8.62. The van der Waals surface area contributed by atoms with E-state index in [0.717, 1.165) is 24.7 Å². The van der Waals surface area contributed by atoms with Crippen LogP contribution in [0.5, 0.6) is 0 Å². The largest absolute Gasteiger partial charge is 0.390 e. The Hall–Kier alpha value is -0.0400. The lowest BCUT2D eigenvalue weighted by molar-refractivity contribution is -0.109. The summed E-state index contributed by atoms with van der Waals surface area (Å²) >= 11 is 0. The van der Waals surface area contributed by atoms with Crippen molar-refractivity contribution in [3.05, 3.63) is 0 Å². The number of hydrogen-bond donors (Lipinski definition) is 1. The average molecular weight is 264 g/mol. The summed E-state index contributed by atoms with van der Waals surface area (Å²) in [5.41, 5.74) is 0.479. The van der Waals surface area contributed by atoms with E-state index in [1.807, 2.05) is 0 Å². The summed E-state index contributed by atoms with van der Waals surface area (Å²) in [5, 5.41) is 11.3. The molecule has 1 N–H and O–H groups in total. The molecule has 3 fully saturated rings. The molecule has 0 amide bonds. The summed E-state index contributed by atoms with van der Waals surface area (Å²) in [5.74, 6) is 2.29. The highest BCUT2D eigenvalue weighted by molar-refractivity contribution is 5.15. The maximum absolute atomic E-state index is 11.3. The fourth-order valence-corrected chi connectivity index (χ4v) is 5.95. The molecule has 0 spiro atoms. The van der Waals surface area contributed by atoms with E-state index in [1.165, 1.54) is 38.5 Å². The molecule has 19 heavy (non-hydrogen) atoms. The van der Waals surface area contributed by atoms with Crippen LogP contribution in [0.1, 0.15) is 79.1 Å². The van der Waals surface area contributed by atoms with Gasteiger partial charge in [-0.2, -0.15) is 0 Å². The molecule has 1 nitrogen and oxygen atoms in total. The molecule has 3 rings (SSSR count). The zero-order valence-electron chi connectivity index (χ0n) is 13.3. The van der Waals surface area contributed by atoms with Crippen LogP contribution >= 0.6 is 0 Å². The van der Waals surface area contributed by atoms with E-state index in [0.29, 0.717) is 16.7 Å². The van der Waals surface area contributed by atoms with Crippen molar-refractivity contribution in [3.63, 3.8) is 0 Å². The van der Waals surface area contributed by atoms with Crippen molar-refractivity contribution in [1.82, 2.24) is 0 Å². The Morgan fingerprint density at radius 2 is 1.63 bits per heavy atom. The Kier molecular flexibility index (Phi) is 3.10. The van der Waals surface area contributed by atoms with E-state index >= 15 is 0 Å². The first-order chi connectivity index (χ1) is 8.83. The van der Waals surface area contributed by atoms with Gasteiger partial charge in [-0.05, 0) is 73.5 Å². The number of fused-ring (bicyclic) bond motifs is 2. The number of rotatable bonds is 2. The van der Waals surface area contributed by atoms with Gasteiger partial charge >= 0.3 is 0 Å². The predicted octanol–water partition coefficient (Wildman–Crippen LogP) is 4.78. The Labute approximate surface area is 119 Å². The second-order valence-corrected chi connectivity index (χ2v) is 8.62. The first kappa shape index (κ1) is 13.9. The molecule has 0 unspecified atom stereocenters. The number of aliphatic hydroxyl groups is 1. The van der Waals surface area contributed by atoms with Gasteiger partial charge in [0.05, 0.1) is 5.60 Å². The van der Waals surface area contributed by atoms with Gasteiger partial charge in [0.1, 0.15) is 0 Å². The summed E-state index contributed by atoms with van der Waals surface area (Å²) in [4.78, 5) is 0. The minimum Gasteiger partial charge on any atom is -0.390 e. The van der Waals surface area contributed by atoms with Gasteiger partial charge in [0.15, 0.2) is 0 Å². The fourth-order valence-electron chi connectivity index (χ4n) is 5.95. The third-order valence-corrected chi connectivity index (χ3v) is 7.99. The van der Waals surface area contributed by atoms with Crippen molar-refractivity contribution in [2.45, 2.75) is 84.7 Å². The minimum atomic E-state index is -0.340. The normalized spacial score (nSPS) is 52.6. The Morgan fingerprint density at radius 1 is 1.00 bits per heavy atom. The summed E-state index contributed by atoms with van der Waals surface area (Å²) in [6, 6.07) is 0. The lowest BCUT2D eigenvalue weighted by atomic mass is 9.58. The van der Waals surface area contributed by atoms with Gasteiger partial charge in [-0.3, -0.25) is 0 Å². The first-order valence-electron chi connectivity index (χ1n) is 8.56. The minimum absolute atomic E-state index is 0.340. The van der Waals surface area contributed by atoms with Crippen LogP contribution < -0.4 is 0 Å². The molecule has 2 bridgehead atoms. The van der Waals surface area contributed by atoms with Gasteiger partial charge in [-0.15, -0.1) is 0 Å². The molecular formula is C18H32O. The molecule has 0 heterocycles. The molecule has 3 aliphatic rings. The summed E-state index contributed by atoms with van der Waals surface area (Å²) in [6.07, 6.45) is 9.96. The van der Waals surface area contributed by atoms with Gasteiger partial charge in [0.2, 0.25) is 0 Å². The van der Waals surface area contributed by atoms with Gasteiger partial charge in [0.25, 0.3) is 0 Å². The van der Waals surface area contributed by atoms with Crippen LogP contribution in [0.25, 0.3) is 0 Å².